The van der Waals surface area contributed by atoms with E-state index in [1.807, 2.05) is 0 Å². The third kappa shape index (κ3) is 1.64. The van der Waals surface area contributed by atoms with E-state index in [-0.39, 0.29) is 11.6 Å². The number of primary amides is 1. The van der Waals surface area contributed by atoms with Gasteiger partial charge in [-0.05, 0) is 19.8 Å². The first kappa shape index (κ1) is 10.6. The summed E-state index contributed by atoms with van der Waals surface area (Å²) < 4.78 is 1.32. The van der Waals surface area contributed by atoms with Gasteiger partial charge in [0.1, 0.15) is 6.04 Å². The summed E-state index contributed by atoms with van der Waals surface area (Å²) >= 11 is 0. The van der Waals surface area contributed by atoms with Crippen molar-refractivity contribution in [3.63, 3.8) is 0 Å². The molecule has 7 heteroatoms. The normalized spacial score (nSPS) is 17.1. The molecule has 0 aromatic carbocycles. The SMILES string of the molecule is CC(C(N)=O)n1nnc(C(=O)O)c1C1CC1. The topological polar surface area (TPSA) is 111 Å². The molecule has 7 nitrogen and oxygen atoms in total. The fourth-order valence-electron chi connectivity index (χ4n) is 1.60. The number of carbonyl (C=O) groups is 2. The molecule has 1 amide bonds. The maximum Gasteiger partial charge on any atom is 0.358 e. The van der Waals surface area contributed by atoms with Crippen LogP contribution in [0, 0.1) is 0 Å². The largest absolute Gasteiger partial charge is 0.476 e. The van der Waals surface area contributed by atoms with Crippen LogP contribution in [0.5, 0.6) is 0 Å². The number of aromatic carboxylic acids is 1. The molecule has 2 rings (SSSR count). The molecule has 1 heterocycles. The Morgan fingerprint density at radius 2 is 2.19 bits per heavy atom. The lowest BCUT2D eigenvalue weighted by atomic mass is 10.2. The minimum Gasteiger partial charge on any atom is -0.476 e. The van der Waals surface area contributed by atoms with Crippen molar-refractivity contribution in [1.82, 2.24) is 15.0 Å². The van der Waals surface area contributed by atoms with Gasteiger partial charge in [0.15, 0.2) is 5.69 Å². The van der Waals surface area contributed by atoms with Crippen LogP contribution in [0.25, 0.3) is 0 Å². The van der Waals surface area contributed by atoms with Crippen LogP contribution in [0.3, 0.4) is 0 Å². The van der Waals surface area contributed by atoms with E-state index in [1.165, 1.54) is 4.68 Å². The molecule has 1 saturated carbocycles. The number of carboxylic acids is 1. The Labute approximate surface area is 91.2 Å². The minimum atomic E-state index is -1.12. The van der Waals surface area contributed by atoms with Crippen molar-refractivity contribution in [2.75, 3.05) is 0 Å². The lowest BCUT2D eigenvalue weighted by Crippen LogP contribution is -2.26. The summed E-state index contributed by atoms with van der Waals surface area (Å²) in [7, 11) is 0. The average molecular weight is 224 g/mol. The number of carbonyl (C=O) groups excluding carboxylic acids is 1. The highest BCUT2D eigenvalue weighted by atomic mass is 16.4. The summed E-state index contributed by atoms with van der Waals surface area (Å²) in [6, 6.07) is -0.670. The van der Waals surface area contributed by atoms with Gasteiger partial charge in [0.2, 0.25) is 5.91 Å². The van der Waals surface area contributed by atoms with Crippen molar-refractivity contribution in [2.45, 2.75) is 31.7 Å². The van der Waals surface area contributed by atoms with E-state index >= 15 is 0 Å². The van der Waals surface area contributed by atoms with Gasteiger partial charge in [0.05, 0.1) is 5.69 Å². The summed E-state index contributed by atoms with van der Waals surface area (Å²) in [5.41, 5.74) is 5.61. The van der Waals surface area contributed by atoms with Crippen LogP contribution in [0.1, 0.15) is 47.9 Å². The van der Waals surface area contributed by atoms with Gasteiger partial charge in [-0.3, -0.25) is 4.79 Å². The molecular formula is C9H12N4O3. The molecule has 1 aromatic rings. The Kier molecular flexibility index (Phi) is 2.37. The van der Waals surface area contributed by atoms with Gasteiger partial charge in [-0.2, -0.15) is 0 Å². The first-order valence-electron chi connectivity index (χ1n) is 5.00. The van der Waals surface area contributed by atoms with Gasteiger partial charge in [0.25, 0.3) is 0 Å². The number of nitrogens with zero attached hydrogens (tertiary/aromatic N) is 3. The van der Waals surface area contributed by atoms with E-state index in [1.54, 1.807) is 6.92 Å². The third-order valence-electron chi connectivity index (χ3n) is 2.68. The molecule has 1 unspecified atom stereocenters. The van der Waals surface area contributed by atoms with Crippen molar-refractivity contribution >= 4 is 11.9 Å². The fraction of sp³-hybridized carbons (Fsp3) is 0.556. The van der Waals surface area contributed by atoms with Crippen molar-refractivity contribution < 1.29 is 14.7 Å². The zero-order valence-corrected chi connectivity index (χ0v) is 8.75. The molecule has 86 valence electrons. The first-order chi connectivity index (χ1) is 7.52. The molecule has 1 aliphatic carbocycles. The quantitative estimate of drug-likeness (QED) is 0.741. The Morgan fingerprint density at radius 1 is 1.56 bits per heavy atom. The Balaban J connectivity index is 2.45. The van der Waals surface area contributed by atoms with Crippen LogP contribution < -0.4 is 5.73 Å². The Hall–Kier alpha value is -1.92. The summed E-state index contributed by atoms with van der Waals surface area (Å²) in [6.45, 7) is 1.58. The lowest BCUT2D eigenvalue weighted by molar-refractivity contribution is -0.121. The second-order valence-electron chi connectivity index (χ2n) is 3.93. The number of hydrogen-bond acceptors (Lipinski definition) is 4. The number of hydrogen-bond donors (Lipinski definition) is 2. The van der Waals surface area contributed by atoms with E-state index in [9.17, 15) is 9.59 Å². The molecule has 0 aliphatic heterocycles. The van der Waals surface area contributed by atoms with E-state index < -0.39 is 17.9 Å². The molecule has 1 aromatic heterocycles. The van der Waals surface area contributed by atoms with Gasteiger partial charge >= 0.3 is 5.97 Å². The highest BCUT2D eigenvalue weighted by Crippen LogP contribution is 2.41. The highest BCUT2D eigenvalue weighted by molar-refractivity contribution is 5.87. The van der Waals surface area contributed by atoms with E-state index in [0.29, 0.717) is 5.69 Å². The number of aromatic nitrogens is 3. The Bertz CT molecular complexity index is 450. The average Bonchev–Trinajstić information content (AvgIpc) is 2.95. The van der Waals surface area contributed by atoms with Crippen LogP contribution in [0.15, 0.2) is 0 Å². The number of amides is 1. The fourth-order valence-corrected chi connectivity index (χ4v) is 1.60. The standard InChI is InChI=1S/C9H12N4O3/c1-4(8(10)14)13-7(5-2-3-5)6(9(15)16)11-12-13/h4-5H,2-3H2,1H3,(H2,10,14)(H,15,16). The highest BCUT2D eigenvalue weighted by Gasteiger charge is 2.35. The van der Waals surface area contributed by atoms with E-state index in [2.05, 4.69) is 10.3 Å². The number of nitrogens with two attached hydrogens (primary N) is 1. The molecule has 0 radical (unpaired) electrons. The van der Waals surface area contributed by atoms with Gasteiger partial charge < -0.3 is 10.8 Å². The van der Waals surface area contributed by atoms with Crippen LogP contribution >= 0.6 is 0 Å². The molecule has 0 spiro atoms. The van der Waals surface area contributed by atoms with E-state index in [4.69, 9.17) is 10.8 Å². The monoisotopic (exact) mass is 224 g/mol. The smallest absolute Gasteiger partial charge is 0.358 e. The molecule has 3 N–H and O–H groups in total. The van der Waals surface area contributed by atoms with Crippen molar-refractivity contribution in [3.8, 4) is 0 Å². The lowest BCUT2D eigenvalue weighted by Gasteiger charge is -2.10. The summed E-state index contributed by atoms with van der Waals surface area (Å²) in [5.74, 6) is -1.53. The molecular weight excluding hydrogens is 212 g/mol. The summed E-state index contributed by atoms with van der Waals surface area (Å²) in [6.07, 6.45) is 1.80. The zero-order valence-electron chi connectivity index (χ0n) is 8.75. The molecule has 16 heavy (non-hydrogen) atoms. The van der Waals surface area contributed by atoms with Crippen LogP contribution in [-0.2, 0) is 4.79 Å². The van der Waals surface area contributed by atoms with Crippen LogP contribution in [0.4, 0.5) is 0 Å². The van der Waals surface area contributed by atoms with Gasteiger partial charge in [-0.25, -0.2) is 9.48 Å². The van der Waals surface area contributed by atoms with Gasteiger partial charge in [-0.1, -0.05) is 5.21 Å². The Morgan fingerprint density at radius 3 is 2.62 bits per heavy atom. The van der Waals surface area contributed by atoms with Crippen LogP contribution in [-0.4, -0.2) is 32.0 Å². The second-order valence-corrected chi connectivity index (χ2v) is 3.93. The van der Waals surface area contributed by atoms with Crippen molar-refractivity contribution in [2.24, 2.45) is 5.73 Å². The van der Waals surface area contributed by atoms with Gasteiger partial charge in [0, 0.05) is 5.92 Å². The molecule has 0 saturated heterocycles. The second kappa shape index (κ2) is 3.58. The first-order valence-corrected chi connectivity index (χ1v) is 5.00. The summed E-state index contributed by atoms with van der Waals surface area (Å²) in [5, 5.41) is 16.2. The van der Waals surface area contributed by atoms with Crippen LogP contribution in [0.2, 0.25) is 0 Å². The molecule has 0 bridgehead atoms. The number of rotatable bonds is 4. The van der Waals surface area contributed by atoms with Crippen molar-refractivity contribution in [1.29, 1.82) is 0 Å². The maximum absolute atomic E-state index is 11.1. The van der Waals surface area contributed by atoms with Crippen molar-refractivity contribution in [3.05, 3.63) is 11.4 Å². The van der Waals surface area contributed by atoms with Gasteiger partial charge in [-0.15, -0.1) is 5.10 Å². The minimum absolute atomic E-state index is 0.0735. The van der Waals surface area contributed by atoms with E-state index in [0.717, 1.165) is 12.8 Å². The summed E-state index contributed by atoms with van der Waals surface area (Å²) in [4.78, 5) is 22.0. The maximum atomic E-state index is 11.1. The predicted molar refractivity (Wildman–Crippen MR) is 52.9 cm³/mol. The third-order valence-corrected chi connectivity index (χ3v) is 2.68. The zero-order chi connectivity index (χ0) is 11.9. The molecule has 1 fully saturated rings. The molecule has 1 aliphatic rings. The molecule has 1 atom stereocenters. The predicted octanol–water partition coefficient (Wildman–Crippen LogP) is -0.1000. The number of carboxylic acid groups (broad SMARTS) is 1.